The van der Waals surface area contributed by atoms with Crippen LogP contribution in [0.5, 0.6) is 17.2 Å². The zero-order valence-corrected chi connectivity index (χ0v) is 19.8. The van der Waals surface area contributed by atoms with E-state index in [2.05, 4.69) is 10.2 Å². The molecule has 4 rings (SSSR count). The number of likely N-dealkylation sites (tertiary alicyclic amines) is 1. The largest absolute Gasteiger partial charge is 0.497 e. The van der Waals surface area contributed by atoms with Crippen molar-refractivity contribution in [3.8, 4) is 17.2 Å². The third-order valence-corrected chi connectivity index (χ3v) is 6.45. The highest BCUT2D eigenvalue weighted by Gasteiger charge is 2.32. The molecule has 2 aromatic carbocycles. The number of hydrogen-bond acceptors (Lipinski definition) is 8. The lowest BCUT2D eigenvalue weighted by atomic mass is 10.0. The van der Waals surface area contributed by atoms with Gasteiger partial charge in [-0.15, -0.1) is 10.2 Å². The predicted octanol–water partition coefficient (Wildman–Crippen LogP) is 4.14. The molecule has 0 aliphatic carbocycles. The number of ether oxygens (including phenoxy) is 3. The van der Waals surface area contributed by atoms with E-state index in [0.717, 1.165) is 41.2 Å². The van der Waals surface area contributed by atoms with Crippen molar-refractivity contribution < 1.29 is 23.4 Å². The number of thioether (sulfide) groups is 1. The smallest absolute Gasteiger partial charge is 0.277 e. The van der Waals surface area contributed by atoms with E-state index in [1.165, 1.54) is 11.8 Å². The number of nitrogens with zero attached hydrogens (tertiary/aromatic N) is 3. The second kappa shape index (κ2) is 10.6. The Bertz CT molecular complexity index is 1090. The van der Waals surface area contributed by atoms with E-state index < -0.39 is 0 Å². The second-order valence-corrected chi connectivity index (χ2v) is 8.55. The van der Waals surface area contributed by atoms with Gasteiger partial charge in [-0.2, -0.15) is 0 Å². The van der Waals surface area contributed by atoms with Crippen LogP contribution in [-0.2, 0) is 11.2 Å². The van der Waals surface area contributed by atoms with E-state index in [1.807, 2.05) is 47.4 Å². The summed E-state index contributed by atoms with van der Waals surface area (Å²) >= 11 is 1.26. The van der Waals surface area contributed by atoms with Crippen molar-refractivity contribution in [1.82, 2.24) is 15.1 Å². The van der Waals surface area contributed by atoms with Crippen molar-refractivity contribution in [2.75, 3.05) is 33.6 Å². The highest BCUT2D eigenvalue weighted by Crippen LogP contribution is 2.39. The fourth-order valence-electron chi connectivity index (χ4n) is 3.98. The van der Waals surface area contributed by atoms with E-state index >= 15 is 0 Å². The van der Waals surface area contributed by atoms with Crippen LogP contribution in [0, 0.1) is 0 Å². The summed E-state index contributed by atoms with van der Waals surface area (Å²) in [5.74, 6) is 3.07. The van der Waals surface area contributed by atoms with Crippen LogP contribution in [0.2, 0.25) is 0 Å². The van der Waals surface area contributed by atoms with E-state index in [4.69, 9.17) is 18.6 Å². The summed E-state index contributed by atoms with van der Waals surface area (Å²) in [6.07, 6.45) is 2.34. The second-order valence-electron chi connectivity index (χ2n) is 7.63. The van der Waals surface area contributed by atoms with Gasteiger partial charge >= 0.3 is 0 Å². The van der Waals surface area contributed by atoms with Gasteiger partial charge in [-0.25, -0.2) is 0 Å². The van der Waals surface area contributed by atoms with Gasteiger partial charge in [0, 0.05) is 12.1 Å². The van der Waals surface area contributed by atoms with Crippen LogP contribution in [-0.4, -0.2) is 54.6 Å². The molecule has 0 bridgehead atoms. The first kappa shape index (κ1) is 23.0. The number of amides is 1. The first-order valence-electron chi connectivity index (χ1n) is 10.7. The summed E-state index contributed by atoms with van der Waals surface area (Å²) in [6, 6.07) is 13.3. The Morgan fingerprint density at radius 1 is 1.06 bits per heavy atom. The lowest BCUT2D eigenvalue weighted by Crippen LogP contribution is -2.32. The molecule has 1 aliphatic rings. The number of aromatic nitrogens is 2. The van der Waals surface area contributed by atoms with Crippen LogP contribution in [0.15, 0.2) is 52.1 Å². The van der Waals surface area contributed by atoms with E-state index in [0.29, 0.717) is 24.1 Å². The Hall–Kier alpha value is -3.20. The number of carbonyl (C=O) groups excluding carboxylic acids is 1. The average molecular weight is 470 g/mol. The van der Waals surface area contributed by atoms with Crippen molar-refractivity contribution >= 4 is 17.7 Å². The van der Waals surface area contributed by atoms with Crippen molar-refractivity contribution in [3.63, 3.8) is 0 Å². The quantitative estimate of drug-likeness (QED) is 0.432. The Balaban J connectivity index is 1.37. The Morgan fingerprint density at radius 2 is 1.82 bits per heavy atom. The molecule has 2 heterocycles. The monoisotopic (exact) mass is 469 g/mol. The van der Waals surface area contributed by atoms with Gasteiger partial charge < -0.3 is 23.5 Å². The average Bonchev–Trinajstić information content (AvgIpc) is 3.52. The van der Waals surface area contributed by atoms with Gasteiger partial charge in [0.2, 0.25) is 11.8 Å². The van der Waals surface area contributed by atoms with Gasteiger partial charge in [0.1, 0.15) is 17.2 Å². The SMILES string of the molecule is COc1ccc(Cc2nnc(SCC(=O)N3CCC[C@H]3c3cc(OC)ccc3OC)o2)cc1. The predicted molar refractivity (Wildman–Crippen MR) is 124 cm³/mol. The molecule has 1 saturated heterocycles. The zero-order chi connectivity index (χ0) is 23.2. The van der Waals surface area contributed by atoms with Gasteiger partial charge in [-0.05, 0) is 48.7 Å². The van der Waals surface area contributed by atoms with Crippen LogP contribution in [0.3, 0.4) is 0 Å². The maximum absolute atomic E-state index is 13.0. The minimum atomic E-state index is -0.0449. The molecule has 0 unspecified atom stereocenters. The molecule has 9 heteroatoms. The molecule has 0 saturated carbocycles. The molecule has 8 nitrogen and oxygen atoms in total. The van der Waals surface area contributed by atoms with Crippen LogP contribution in [0.25, 0.3) is 0 Å². The lowest BCUT2D eigenvalue weighted by molar-refractivity contribution is -0.129. The summed E-state index contributed by atoms with van der Waals surface area (Å²) < 4.78 is 21.8. The topological polar surface area (TPSA) is 86.9 Å². The van der Waals surface area contributed by atoms with Crippen molar-refractivity contribution in [3.05, 3.63) is 59.5 Å². The first-order valence-corrected chi connectivity index (χ1v) is 11.7. The number of benzene rings is 2. The molecule has 1 aromatic heterocycles. The standard InChI is InChI=1S/C24H27N3O5S/c1-29-17-8-6-16(7-9-17)13-22-25-26-24(32-22)33-15-23(28)27-12-4-5-20(27)19-14-18(30-2)10-11-21(19)31-3/h6-11,14,20H,4-5,12-13,15H2,1-3H3/t20-/m0/s1. The Morgan fingerprint density at radius 3 is 2.55 bits per heavy atom. The summed E-state index contributed by atoms with van der Waals surface area (Å²) in [6.45, 7) is 0.705. The lowest BCUT2D eigenvalue weighted by Gasteiger charge is -2.26. The molecule has 1 amide bonds. The highest BCUT2D eigenvalue weighted by molar-refractivity contribution is 7.99. The minimum absolute atomic E-state index is 0.0299. The molecular weight excluding hydrogens is 442 g/mol. The summed E-state index contributed by atoms with van der Waals surface area (Å²) in [4.78, 5) is 14.9. The first-order chi connectivity index (χ1) is 16.1. The van der Waals surface area contributed by atoms with Gasteiger partial charge in [-0.3, -0.25) is 4.79 Å². The third-order valence-electron chi connectivity index (χ3n) is 5.65. The van der Waals surface area contributed by atoms with Gasteiger partial charge in [0.25, 0.3) is 5.22 Å². The molecule has 0 radical (unpaired) electrons. The molecule has 3 aromatic rings. The maximum Gasteiger partial charge on any atom is 0.277 e. The summed E-state index contributed by atoms with van der Waals surface area (Å²) in [5, 5.41) is 8.59. The number of hydrogen-bond donors (Lipinski definition) is 0. The maximum atomic E-state index is 13.0. The molecular formula is C24H27N3O5S. The molecule has 0 spiro atoms. The van der Waals surface area contributed by atoms with Crippen molar-refractivity contribution in [1.29, 1.82) is 0 Å². The van der Waals surface area contributed by atoms with Gasteiger partial charge in [0.05, 0.1) is 39.5 Å². The van der Waals surface area contributed by atoms with Gasteiger partial charge in [0.15, 0.2) is 0 Å². The van der Waals surface area contributed by atoms with E-state index in [9.17, 15) is 4.79 Å². The number of carbonyl (C=O) groups is 1. The van der Waals surface area contributed by atoms with E-state index in [1.54, 1.807) is 21.3 Å². The Kier molecular flexibility index (Phi) is 7.39. The molecule has 0 N–H and O–H groups in total. The highest BCUT2D eigenvalue weighted by atomic mass is 32.2. The molecule has 1 atom stereocenters. The molecule has 1 fully saturated rings. The van der Waals surface area contributed by atoms with E-state index in [-0.39, 0.29) is 17.7 Å². The zero-order valence-electron chi connectivity index (χ0n) is 18.9. The van der Waals surface area contributed by atoms with Gasteiger partial charge in [-0.1, -0.05) is 23.9 Å². The fourth-order valence-corrected chi connectivity index (χ4v) is 4.65. The third kappa shape index (κ3) is 5.42. The molecule has 33 heavy (non-hydrogen) atoms. The van der Waals surface area contributed by atoms with Crippen LogP contribution < -0.4 is 14.2 Å². The van der Waals surface area contributed by atoms with Crippen molar-refractivity contribution in [2.24, 2.45) is 0 Å². The van der Waals surface area contributed by atoms with Crippen molar-refractivity contribution in [2.45, 2.75) is 30.5 Å². The number of rotatable bonds is 9. The molecule has 1 aliphatic heterocycles. The number of methoxy groups -OCH3 is 3. The Labute approximate surface area is 197 Å². The molecule has 174 valence electrons. The van der Waals surface area contributed by atoms with Crippen LogP contribution in [0.4, 0.5) is 0 Å². The normalized spacial score (nSPS) is 15.5. The minimum Gasteiger partial charge on any atom is -0.497 e. The van der Waals surface area contributed by atoms with Crippen LogP contribution >= 0.6 is 11.8 Å². The summed E-state index contributed by atoms with van der Waals surface area (Å²) in [5.41, 5.74) is 2.01. The summed E-state index contributed by atoms with van der Waals surface area (Å²) in [7, 11) is 4.91. The van der Waals surface area contributed by atoms with Crippen LogP contribution in [0.1, 0.15) is 35.9 Å². The fraction of sp³-hybridized carbons (Fsp3) is 0.375.